The maximum atomic E-state index is 14.9. The smallest absolute Gasteiger partial charge is 0.305 e. The van der Waals surface area contributed by atoms with Gasteiger partial charge in [-0.2, -0.15) is 0 Å². The van der Waals surface area contributed by atoms with Gasteiger partial charge in [0.05, 0.1) is 23.4 Å². The summed E-state index contributed by atoms with van der Waals surface area (Å²) in [6.07, 6.45) is -0.850. The molecule has 1 aromatic heterocycles. The van der Waals surface area contributed by atoms with Gasteiger partial charge in [-0.25, -0.2) is 13.2 Å². The van der Waals surface area contributed by atoms with Crippen molar-refractivity contribution in [3.05, 3.63) is 63.6 Å². The zero-order valence-electron chi connectivity index (χ0n) is 17.4. The zero-order chi connectivity index (χ0) is 24.6. The van der Waals surface area contributed by atoms with Gasteiger partial charge in [-0.15, -0.1) is 0 Å². The summed E-state index contributed by atoms with van der Waals surface area (Å²) in [5.74, 6) is -7.53. The summed E-state index contributed by atoms with van der Waals surface area (Å²) in [7, 11) is 0. The predicted molar refractivity (Wildman–Crippen MR) is 113 cm³/mol. The van der Waals surface area contributed by atoms with Crippen LogP contribution in [-0.4, -0.2) is 38.6 Å². The number of hydrogen-bond donors (Lipinski definition) is 3. The van der Waals surface area contributed by atoms with Gasteiger partial charge in [0.25, 0.3) is 5.91 Å². The topological polar surface area (TPSA) is 109 Å². The third kappa shape index (κ3) is 4.65. The number of benzene rings is 2. The second kappa shape index (κ2) is 9.14. The lowest BCUT2D eigenvalue weighted by Crippen LogP contribution is -2.35. The van der Waals surface area contributed by atoms with Gasteiger partial charge in [0.1, 0.15) is 5.82 Å². The van der Waals surface area contributed by atoms with E-state index in [0.29, 0.717) is 0 Å². The van der Waals surface area contributed by atoms with Gasteiger partial charge in [-0.05, 0) is 37.6 Å². The van der Waals surface area contributed by atoms with Gasteiger partial charge < -0.3 is 15.5 Å². The summed E-state index contributed by atoms with van der Waals surface area (Å²) in [6, 6.07) is 3.24. The van der Waals surface area contributed by atoms with Gasteiger partial charge >= 0.3 is 5.97 Å². The van der Waals surface area contributed by atoms with E-state index in [1.165, 1.54) is 19.9 Å². The largest absolute Gasteiger partial charge is 0.503 e. The van der Waals surface area contributed by atoms with Crippen molar-refractivity contribution in [2.45, 2.75) is 32.7 Å². The number of carboxylic acids is 1. The number of phenolic OH excluding ortho intramolecular Hbond substituents is 1. The fourth-order valence-electron chi connectivity index (χ4n) is 3.59. The van der Waals surface area contributed by atoms with Crippen molar-refractivity contribution >= 4 is 40.3 Å². The first-order valence-electron chi connectivity index (χ1n) is 9.64. The highest BCUT2D eigenvalue weighted by atomic mass is 35.5. The van der Waals surface area contributed by atoms with Crippen LogP contribution in [0.25, 0.3) is 10.9 Å². The van der Waals surface area contributed by atoms with E-state index >= 15 is 0 Å². The lowest BCUT2D eigenvalue weighted by Gasteiger charge is -2.12. The lowest BCUT2D eigenvalue weighted by atomic mass is 10.1. The first kappa shape index (κ1) is 24.1. The second-order valence-corrected chi connectivity index (χ2v) is 7.90. The second-order valence-electron chi connectivity index (χ2n) is 7.49. The number of carbonyl (C=O) groups excluding carboxylic acids is 2. The van der Waals surface area contributed by atoms with Crippen LogP contribution in [0.5, 0.6) is 5.75 Å². The molecule has 7 nitrogen and oxygen atoms in total. The highest BCUT2D eigenvalue weighted by Gasteiger charge is 2.27. The molecule has 0 radical (unpaired) electrons. The molecule has 1 unspecified atom stereocenters. The SMILES string of the molecule is Cc1c(CC(=O)NC(C)CC(=O)O)c2c(F)c(O)c(F)cc2n1C(=O)c1ccc(Cl)c(F)c1. The van der Waals surface area contributed by atoms with Gasteiger partial charge in [-0.3, -0.25) is 19.0 Å². The lowest BCUT2D eigenvalue weighted by molar-refractivity contribution is -0.137. The maximum Gasteiger partial charge on any atom is 0.305 e. The molecule has 1 amide bonds. The van der Waals surface area contributed by atoms with E-state index < -0.39 is 53.4 Å². The number of aromatic nitrogens is 1. The van der Waals surface area contributed by atoms with Crippen molar-refractivity contribution in [2.75, 3.05) is 0 Å². The third-order valence-electron chi connectivity index (χ3n) is 5.08. The van der Waals surface area contributed by atoms with Crippen molar-refractivity contribution in [3.8, 4) is 5.75 Å². The number of phenols is 1. The molecule has 3 N–H and O–H groups in total. The summed E-state index contributed by atoms with van der Waals surface area (Å²) in [5.41, 5.74) is -0.421. The minimum Gasteiger partial charge on any atom is -0.503 e. The molecular formula is C22H18ClF3N2O5. The molecule has 3 rings (SSSR count). The van der Waals surface area contributed by atoms with Crippen molar-refractivity contribution in [2.24, 2.45) is 0 Å². The molecule has 33 heavy (non-hydrogen) atoms. The molecule has 0 fully saturated rings. The Hall–Kier alpha value is -3.53. The minimum atomic E-state index is -1.37. The molecule has 0 bridgehead atoms. The Balaban J connectivity index is 2.14. The van der Waals surface area contributed by atoms with Gasteiger partial charge in [0, 0.05) is 28.8 Å². The van der Waals surface area contributed by atoms with Crippen LogP contribution >= 0.6 is 11.6 Å². The number of rotatable bonds is 6. The molecule has 0 spiro atoms. The maximum absolute atomic E-state index is 14.9. The van der Waals surface area contributed by atoms with E-state index in [1.807, 2.05) is 0 Å². The molecule has 0 aliphatic heterocycles. The Labute approximate surface area is 190 Å². The molecule has 0 saturated carbocycles. The van der Waals surface area contributed by atoms with E-state index in [4.69, 9.17) is 16.7 Å². The van der Waals surface area contributed by atoms with Crippen LogP contribution in [-0.2, 0) is 16.0 Å². The Morgan fingerprint density at radius 3 is 2.42 bits per heavy atom. The van der Waals surface area contributed by atoms with E-state index in [9.17, 15) is 32.7 Å². The van der Waals surface area contributed by atoms with E-state index in [2.05, 4.69) is 5.32 Å². The molecule has 0 aliphatic rings. The van der Waals surface area contributed by atoms with Crippen LogP contribution < -0.4 is 5.32 Å². The number of halogens is 4. The van der Waals surface area contributed by atoms with Gasteiger partial charge in [0.2, 0.25) is 5.91 Å². The predicted octanol–water partition coefficient (Wildman–Crippen LogP) is 3.94. The number of carboxylic acid groups (broad SMARTS) is 1. The molecular weight excluding hydrogens is 465 g/mol. The number of carbonyl (C=O) groups is 3. The summed E-state index contributed by atoms with van der Waals surface area (Å²) in [5, 5.41) is 20.4. The van der Waals surface area contributed by atoms with Crippen LogP contribution in [0.2, 0.25) is 5.02 Å². The molecule has 0 aliphatic carbocycles. The van der Waals surface area contributed by atoms with Crippen molar-refractivity contribution in [3.63, 3.8) is 0 Å². The highest BCUT2D eigenvalue weighted by Crippen LogP contribution is 2.35. The Kier molecular flexibility index (Phi) is 6.68. The van der Waals surface area contributed by atoms with E-state index in [0.717, 1.165) is 22.8 Å². The molecule has 0 saturated heterocycles. The summed E-state index contributed by atoms with van der Waals surface area (Å²) in [4.78, 5) is 36.4. The van der Waals surface area contributed by atoms with Crippen molar-refractivity contribution in [1.29, 1.82) is 0 Å². The van der Waals surface area contributed by atoms with Crippen LogP contribution in [0.4, 0.5) is 13.2 Å². The summed E-state index contributed by atoms with van der Waals surface area (Å²) in [6.45, 7) is 2.84. The monoisotopic (exact) mass is 482 g/mol. The van der Waals surface area contributed by atoms with E-state index in [1.54, 1.807) is 0 Å². The average molecular weight is 483 g/mol. The van der Waals surface area contributed by atoms with Gasteiger partial charge in [0.15, 0.2) is 17.4 Å². The highest BCUT2D eigenvalue weighted by molar-refractivity contribution is 6.30. The van der Waals surface area contributed by atoms with Crippen LogP contribution in [0, 0.1) is 24.4 Å². The van der Waals surface area contributed by atoms with Crippen molar-refractivity contribution in [1.82, 2.24) is 9.88 Å². The standard InChI is InChI=1S/C22H18ClF3N2O5/c1-9(5-18(30)31)27-17(29)7-12-10(2)28(16-8-15(25)21(32)20(26)19(12)16)22(33)11-3-4-13(23)14(24)6-11/h3-4,6,8-9,32H,5,7H2,1-2H3,(H,27,29)(H,30,31). The average Bonchev–Trinajstić information content (AvgIpc) is 2.98. The number of hydrogen-bond acceptors (Lipinski definition) is 4. The quantitative estimate of drug-likeness (QED) is 0.493. The molecule has 3 aromatic rings. The number of nitrogens with zero attached hydrogens (tertiary/aromatic N) is 1. The molecule has 1 heterocycles. The Morgan fingerprint density at radius 2 is 1.82 bits per heavy atom. The normalized spacial score (nSPS) is 12.1. The Bertz CT molecular complexity index is 1310. The van der Waals surface area contributed by atoms with E-state index in [-0.39, 0.29) is 39.2 Å². The van der Waals surface area contributed by atoms with Crippen LogP contribution in [0.1, 0.15) is 35.0 Å². The first-order chi connectivity index (χ1) is 15.4. The fourth-order valence-corrected chi connectivity index (χ4v) is 3.71. The number of nitrogens with one attached hydrogen (secondary N) is 1. The molecule has 2 aromatic carbocycles. The number of fused-ring (bicyclic) bond motifs is 1. The van der Waals surface area contributed by atoms with Crippen LogP contribution in [0.15, 0.2) is 24.3 Å². The Morgan fingerprint density at radius 1 is 1.15 bits per heavy atom. The zero-order valence-corrected chi connectivity index (χ0v) is 18.1. The molecule has 1 atom stereocenters. The minimum absolute atomic E-state index is 0.0272. The summed E-state index contributed by atoms with van der Waals surface area (Å²) < 4.78 is 43.8. The number of aliphatic carboxylic acids is 1. The molecule has 11 heteroatoms. The summed E-state index contributed by atoms with van der Waals surface area (Å²) >= 11 is 5.65. The number of amides is 1. The first-order valence-corrected chi connectivity index (χ1v) is 10.0. The van der Waals surface area contributed by atoms with Gasteiger partial charge in [-0.1, -0.05) is 11.6 Å². The van der Waals surface area contributed by atoms with Crippen molar-refractivity contribution < 1.29 is 37.8 Å². The van der Waals surface area contributed by atoms with Crippen LogP contribution in [0.3, 0.4) is 0 Å². The third-order valence-corrected chi connectivity index (χ3v) is 5.39. The molecule has 174 valence electrons. The number of aromatic hydroxyl groups is 1. The fraction of sp³-hybridized carbons (Fsp3) is 0.227.